The number of piperazine rings is 1. The highest BCUT2D eigenvalue weighted by Crippen LogP contribution is 2.40. The molecule has 0 bridgehead atoms. The first-order valence-electron chi connectivity index (χ1n) is 11.5. The summed E-state index contributed by atoms with van der Waals surface area (Å²) in [6, 6.07) is 14.2. The number of anilines is 1. The molecule has 2 fully saturated rings. The van der Waals surface area contributed by atoms with Crippen LogP contribution in [0.25, 0.3) is 16.6 Å². The highest BCUT2D eigenvalue weighted by molar-refractivity contribution is 5.92. The molecule has 0 N–H and O–H groups in total. The Balaban J connectivity index is 1.29. The van der Waals surface area contributed by atoms with E-state index < -0.39 is 0 Å². The minimum Gasteiger partial charge on any atom is -0.338 e. The fourth-order valence-electron chi connectivity index (χ4n) is 4.79. The number of benzene rings is 2. The van der Waals surface area contributed by atoms with Crippen molar-refractivity contribution in [2.24, 2.45) is 0 Å². The van der Waals surface area contributed by atoms with E-state index in [1.54, 1.807) is 12.1 Å². The summed E-state index contributed by atoms with van der Waals surface area (Å²) in [6.45, 7) is 4.04. The lowest BCUT2D eigenvalue weighted by molar-refractivity contribution is -0.132. The van der Waals surface area contributed by atoms with E-state index in [-0.39, 0.29) is 24.2 Å². The fourth-order valence-corrected chi connectivity index (χ4v) is 4.79. The van der Waals surface area contributed by atoms with Crippen LogP contribution in [0.2, 0.25) is 0 Å². The minimum atomic E-state index is -0.290. The van der Waals surface area contributed by atoms with Gasteiger partial charge in [0.05, 0.1) is 11.9 Å². The lowest BCUT2D eigenvalue weighted by Gasteiger charge is -2.40. The summed E-state index contributed by atoms with van der Waals surface area (Å²) in [6.07, 6.45) is 2.55. The third-order valence-electron chi connectivity index (χ3n) is 6.70. The zero-order chi connectivity index (χ0) is 22.5. The quantitative estimate of drug-likeness (QED) is 0.481. The molecule has 8 heteroatoms. The van der Waals surface area contributed by atoms with Gasteiger partial charge in [-0.3, -0.25) is 4.79 Å². The van der Waals surface area contributed by atoms with E-state index in [1.807, 2.05) is 29.2 Å². The highest BCUT2D eigenvalue weighted by atomic mass is 19.1. The first-order valence-corrected chi connectivity index (χ1v) is 11.5. The van der Waals surface area contributed by atoms with Crippen molar-refractivity contribution >= 4 is 28.4 Å². The second kappa shape index (κ2) is 7.79. The maximum absolute atomic E-state index is 13.2. The smallest absolute Gasteiger partial charge is 0.227 e. The summed E-state index contributed by atoms with van der Waals surface area (Å²) in [7, 11) is 0. The topological polar surface area (TPSA) is 66.6 Å². The summed E-state index contributed by atoms with van der Waals surface area (Å²) in [5.74, 6) is 2.06. The van der Waals surface area contributed by atoms with Gasteiger partial charge in [-0.2, -0.15) is 0 Å². The predicted molar refractivity (Wildman–Crippen MR) is 124 cm³/mol. The van der Waals surface area contributed by atoms with E-state index in [4.69, 9.17) is 4.98 Å². The van der Waals surface area contributed by atoms with E-state index in [0.717, 1.165) is 46.7 Å². The predicted octanol–water partition coefficient (Wildman–Crippen LogP) is 3.57. The lowest BCUT2D eigenvalue weighted by Crippen LogP contribution is -2.55. The minimum absolute atomic E-state index is 0.0240. The van der Waals surface area contributed by atoms with Crippen molar-refractivity contribution in [3.63, 3.8) is 0 Å². The normalized spacial score (nSPS) is 18.9. The molecule has 168 valence electrons. The van der Waals surface area contributed by atoms with Gasteiger partial charge in [-0.25, -0.2) is 13.8 Å². The molecule has 4 aromatic rings. The summed E-state index contributed by atoms with van der Waals surface area (Å²) >= 11 is 0. The molecule has 1 amide bonds. The average molecular weight is 445 g/mol. The van der Waals surface area contributed by atoms with Gasteiger partial charge in [0.25, 0.3) is 0 Å². The SMILES string of the molecule is CC1CN(c2nc3ccccc3c3nnc(C4CC4)n23)CCN1C(=O)Cc1ccc(F)cc1. The molecule has 3 heterocycles. The van der Waals surface area contributed by atoms with Crippen molar-refractivity contribution < 1.29 is 9.18 Å². The van der Waals surface area contributed by atoms with Crippen molar-refractivity contribution in [3.8, 4) is 0 Å². The van der Waals surface area contributed by atoms with Crippen LogP contribution < -0.4 is 4.90 Å². The Bertz CT molecular complexity index is 1350. The number of fused-ring (bicyclic) bond motifs is 3. The third kappa shape index (κ3) is 3.59. The van der Waals surface area contributed by atoms with Crippen LogP contribution >= 0.6 is 0 Å². The van der Waals surface area contributed by atoms with Crippen molar-refractivity contribution in [1.29, 1.82) is 0 Å². The van der Waals surface area contributed by atoms with Crippen LogP contribution in [-0.2, 0) is 11.2 Å². The largest absolute Gasteiger partial charge is 0.338 e. The second-order valence-corrected chi connectivity index (χ2v) is 9.11. The van der Waals surface area contributed by atoms with E-state index in [0.29, 0.717) is 25.6 Å². The molecule has 1 saturated heterocycles. The fraction of sp³-hybridized carbons (Fsp3) is 0.360. The maximum Gasteiger partial charge on any atom is 0.227 e. The molecular weight excluding hydrogens is 419 g/mol. The molecule has 0 radical (unpaired) electrons. The molecule has 2 aromatic heterocycles. The highest BCUT2D eigenvalue weighted by Gasteiger charge is 2.33. The number of rotatable bonds is 4. The van der Waals surface area contributed by atoms with Gasteiger partial charge in [-0.1, -0.05) is 24.3 Å². The molecular formula is C25H25FN6O. The molecule has 1 aliphatic carbocycles. The Morgan fingerprint density at radius 1 is 1.06 bits per heavy atom. The van der Waals surface area contributed by atoms with Gasteiger partial charge >= 0.3 is 0 Å². The number of nitrogens with zero attached hydrogens (tertiary/aromatic N) is 6. The van der Waals surface area contributed by atoms with Crippen molar-refractivity contribution in [2.45, 2.75) is 38.1 Å². The van der Waals surface area contributed by atoms with Crippen LogP contribution in [0.3, 0.4) is 0 Å². The van der Waals surface area contributed by atoms with Gasteiger partial charge in [-0.05, 0) is 49.6 Å². The van der Waals surface area contributed by atoms with E-state index >= 15 is 0 Å². The number of amides is 1. The van der Waals surface area contributed by atoms with Crippen molar-refractivity contribution in [3.05, 3.63) is 65.7 Å². The monoisotopic (exact) mass is 444 g/mol. The van der Waals surface area contributed by atoms with Crippen LogP contribution in [0.5, 0.6) is 0 Å². The summed E-state index contributed by atoms with van der Waals surface area (Å²) < 4.78 is 15.3. The first-order chi connectivity index (χ1) is 16.1. The lowest BCUT2D eigenvalue weighted by atomic mass is 10.1. The Kier molecular flexibility index (Phi) is 4.74. The molecule has 2 aromatic carbocycles. The van der Waals surface area contributed by atoms with Crippen molar-refractivity contribution in [1.82, 2.24) is 24.5 Å². The average Bonchev–Trinajstić information content (AvgIpc) is 3.57. The molecule has 1 saturated carbocycles. The molecule has 1 unspecified atom stereocenters. The number of para-hydroxylation sites is 1. The molecule has 33 heavy (non-hydrogen) atoms. The summed E-state index contributed by atoms with van der Waals surface area (Å²) in [5, 5.41) is 10.1. The van der Waals surface area contributed by atoms with Crippen LogP contribution in [0.1, 0.15) is 37.1 Å². The number of carbonyl (C=O) groups is 1. The number of halogens is 1. The van der Waals surface area contributed by atoms with E-state index in [1.165, 1.54) is 12.1 Å². The molecule has 7 nitrogen and oxygen atoms in total. The molecule has 1 atom stereocenters. The number of hydrogen-bond donors (Lipinski definition) is 0. The maximum atomic E-state index is 13.2. The first kappa shape index (κ1) is 20.1. The van der Waals surface area contributed by atoms with Gasteiger partial charge < -0.3 is 9.80 Å². The number of carbonyl (C=O) groups excluding carboxylic acids is 1. The molecule has 6 rings (SSSR count). The zero-order valence-corrected chi connectivity index (χ0v) is 18.5. The second-order valence-electron chi connectivity index (χ2n) is 9.11. The Hall–Kier alpha value is -3.55. The third-order valence-corrected chi connectivity index (χ3v) is 6.70. The van der Waals surface area contributed by atoms with Crippen LogP contribution in [0, 0.1) is 5.82 Å². The van der Waals surface area contributed by atoms with Crippen LogP contribution in [-0.4, -0.2) is 56.1 Å². The van der Waals surface area contributed by atoms with Crippen molar-refractivity contribution in [2.75, 3.05) is 24.5 Å². The zero-order valence-electron chi connectivity index (χ0n) is 18.5. The van der Waals surface area contributed by atoms with Gasteiger partial charge in [0.2, 0.25) is 11.9 Å². The number of aromatic nitrogens is 4. The van der Waals surface area contributed by atoms with Gasteiger partial charge in [0, 0.05) is 37.0 Å². The van der Waals surface area contributed by atoms with Crippen LogP contribution in [0.15, 0.2) is 48.5 Å². The Morgan fingerprint density at radius 3 is 2.61 bits per heavy atom. The number of hydrogen-bond acceptors (Lipinski definition) is 5. The Morgan fingerprint density at radius 2 is 1.85 bits per heavy atom. The molecule has 0 spiro atoms. The van der Waals surface area contributed by atoms with E-state index in [9.17, 15) is 9.18 Å². The summed E-state index contributed by atoms with van der Waals surface area (Å²) in [5.41, 5.74) is 2.57. The van der Waals surface area contributed by atoms with Crippen LogP contribution in [0.4, 0.5) is 10.3 Å². The van der Waals surface area contributed by atoms with Gasteiger partial charge in [-0.15, -0.1) is 10.2 Å². The van der Waals surface area contributed by atoms with E-state index in [2.05, 4.69) is 26.4 Å². The summed E-state index contributed by atoms with van der Waals surface area (Å²) in [4.78, 5) is 22.2. The van der Waals surface area contributed by atoms with Gasteiger partial charge in [0.15, 0.2) is 5.65 Å². The molecule has 1 aliphatic heterocycles. The van der Waals surface area contributed by atoms with Gasteiger partial charge in [0.1, 0.15) is 11.6 Å². The molecule has 2 aliphatic rings. The standard InChI is InChI=1S/C25H25FN6O/c1-16-15-30(12-13-31(16)22(33)14-17-6-10-19(26)11-7-17)25-27-21-5-3-2-4-20(21)24-29-28-23(32(24)25)18-8-9-18/h2-7,10-11,16,18H,8-9,12-15H2,1H3. The Labute approximate surface area is 190 Å².